The predicted octanol–water partition coefficient (Wildman–Crippen LogP) is 1.33. The smallest absolute Gasteiger partial charge is 0.308 e. The minimum absolute atomic E-state index is 0.0737. The zero-order valence-corrected chi connectivity index (χ0v) is 8.73. The van der Waals surface area contributed by atoms with Crippen molar-refractivity contribution in [3.63, 3.8) is 0 Å². The van der Waals surface area contributed by atoms with E-state index in [4.69, 9.17) is 14.2 Å². The van der Waals surface area contributed by atoms with Crippen molar-refractivity contribution in [1.29, 1.82) is 0 Å². The van der Waals surface area contributed by atoms with Crippen molar-refractivity contribution in [1.82, 2.24) is 0 Å². The fourth-order valence-electron chi connectivity index (χ4n) is 1.13. The van der Waals surface area contributed by atoms with Crippen LogP contribution in [0.25, 0.3) is 0 Å². The summed E-state index contributed by atoms with van der Waals surface area (Å²) in [4.78, 5) is 10.8. The second-order valence-corrected chi connectivity index (χ2v) is 2.74. The Morgan fingerprint density at radius 1 is 1.20 bits per heavy atom. The molecule has 0 unspecified atom stereocenters. The Hall–Kier alpha value is -1.91. The molecule has 0 aromatic heterocycles. The Kier molecular flexibility index (Phi) is 3.38. The molecule has 1 aromatic carbocycles. The summed E-state index contributed by atoms with van der Waals surface area (Å²) in [5.74, 6) is -0.163. The number of phenolic OH excluding ortho intramolecular Hbond substituents is 1. The molecule has 0 aliphatic heterocycles. The van der Waals surface area contributed by atoms with Gasteiger partial charge < -0.3 is 19.3 Å². The van der Waals surface area contributed by atoms with Gasteiger partial charge >= 0.3 is 5.97 Å². The number of aromatic hydroxyl groups is 1. The van der Waals surface area contributed by atoms with Crippen LogP contribution in [-0.2, 0) is 4.79 Å². The number of ether oxygens (including phenoxy) is 3. The van der Waals surface area contributed by atoms with Gasteiger partial charge in [-0.15, -0.1) is 0 Å². The zero-order chi connectivity index (χ0) is 11.4. The van der Waals surface area contributed by atoms with E-state index in [9.17, 15) is 9.90 Å². The van der Waals surface area contributed by atoms with E-state index in [1.54, 1.807) is 0 Å². The Labute approximate surface area is 87.2 Å². The Morgan fingerprint density at radius 2 is 1.87 bits per heavy atom. The van der Waals surface area contributed by atoms with Gasteiger partial charge in [-0.3, -0.25) is 4.79 Å². The Bertz CT molecular complexity index is 372. The van der Waals surface area contributed by atoms with Crippen LogP contribution in [0.3, 0.4) is 0 Å². The highest BCUT2D eigenvalue weighted by Gasteiger charge is 2.17. The lowest BCUT2D eigenvalue weighted by atomic mass is 10.2. The van der Waals surface area contributed by atoms with Gasteiger partial charge in [-0.2, -0.15) is 0 Å². The summed E-state index contributed by atoms with van der Waals surface area (Å²) in [5.41, 5.74) is 0. The summed E-state index contributed by atoms with van der Waals surface area (Å²) in [5, 5.41) is 9.45. The fraction of sp³-hybridized carbons (Fsp3) is 0.300. The molecule has 0 aliphatic rings. The van der Waals surface area contributed by atoms with E-state index < -0.39 is 5.97 Å². The third kappa shape index (κ3) is 2.31. The molecular weight excluding hydrogens is 200 g/mol. The SMILES string of the molecule is COc1ccc(O)c(OC)c1OC(C)=O. The second-order valence-electron chi connectivity index (χ2n) is 2.74. The van der Waals surface area contributed by atoms with E-state index in [1.807, 2.05) is 0 Å². The molecule has 0 spiro atoms. The summed E-state index contributed by atoms with van der Waals surface area (Å²) in [6, 6.07) is 2.88. The molecule has 1 aromatic rings. The van der Waals surface area contributed by atoms with Gasteiger partial charge in [-0.1, -0.05) is 0 Å². The highest BCUT2D eigenvalue weighted by molar-refractivity contribution is 5.73. The van der Waals surface area contributed by atoms with Gasteiger partial charge in [0.15, 0.2) is 11.5 Å². The topological polar surface area (TPSA) is 65.0 Å². The first-order valence-electron chi connectivity index (χ1n) is 4.22. The number of rotatable bonds is 3. The first-order chi connectivity index (χ1) is 7.10. The summed E-state index contributed by atoms with van der Waals surface area (Å²) in [6.45, 7) is 1.25. The summed E-state index contributed by atoms with van der Waals surface area (Å²) in [7, 11) is 2.79. The standard InChI is InChI=1S/C10H12O5/c1-6(11)15-10-8(13-2)5-4-7(12)9(10)14-3/h4-5,12H,1-3H3. The number of esters is 1. The fourth-order valence-corrected chi connectivity index (χ4v) is 1.13. The lowest BCUT2D eigenvalue weighted by Crippen LogP contribution is -2.04. The largest absolute Gasteiger partial charge is 0.504 e. The van der Waals surface area contributed by atoms with Crippen LogP contribution < -0.4 is 14.2 Å². The van der Waals surface area contributed by atoms with Crippen molar-refractivity contribution in [2.24, 2.45) is 0 Å². The lowest BCUT2D eigenvalue weighted by Gasteiger charge is -2.12. The molecule has 0 heterocycles. The van der Waals surface area contributed by atoms with Crippen molar-refractivity contribution in [3.05, 3.63) is 12.1 Å². The van der Waals surface area contributed by atoms with E-state index >= 15 is 0 Å². The highest BCUT2D eigenvalue weighted by Crippen LogP contribution is 2.43. The third-order valence-electron chi connectivity index (χ3n) is 1.73. The molecule has 0 fully saturated rings. The van der Waals surface area contributed by atoms with Crippen LogP contribution in [0.1, 0.15) is 6.92 Å². The first-order valence-corrected chi connectivity index (χ1v) is 4.22. The maximum atomic E-state index is 10.8. The average molecular weight is 212 g/mol. The molecule has 15 heavy (non-hydrogen) atoms. The predicted molar refractivity (Wildman–Crippen MR) is 52.5 cm³/mol. The molecule has 82 valence electrons. The van der Waals surface area contributed by atoms with Gasteiger partial charge in [0.25, 0.3) is 0 Å². The van der Waals surface area contributed by atoms with Crippen molar-refractivity contribution in [3.8, 4) is 23.0 Å². The number of methoxy groups -OCH3 is 2. The summed E-state index contributed by atoms with van der Waals surface area (Å²) < 4.78 is 14.8. The quantitative estimate of drug-likeness (QED) is 0.605. The molecule has 0 amide bonds. The number of hydrogen-bond donors (Lipinski definition) is 1. The van der Waals surface area contributed by atoms with E-state index in [0.29, 0.717) is 5.75 Å². The van der Waals surface area contributed by atoms with Crippen molar-refractivity contribution >= 4 is 5.97 Å². The molecule has 0 aliphatic carbocycles. The van der Waals surface area contributed by atoms with E-state index in [-0.39, 0.29) is 17.2 Å². The van der Waals surface area contributed by atoms with Crippen LogP contribution in [0, 0.1) is 0 Å². The van der Waals surface area contributed by atoms with Crippen LogP contribution in [0.15, 0.2) is 12.1 Å². The zero-order valence-electron chi connectivity index (χ0n) is 8.73. The molecule has 0 radical (unpaired) electrons. The average Bonchev–Trinajstić information content (AvgIpc) is 2.18. The van der Waals surface area contributed by atoms with Crippen molar-refractivity contribution in [2.75, 3.05) is 14.2 Å². The number of hydrogen-bond acceptors (Lipinski definition) is 5. The van der Waals surface area contributed by atoms with Crippen molar-refractivity contribution < 1.29 is 24.1 Å². The van der Waals surface area contributed by atoms with Gasteiger partial charge in [0.2, 0.25) is 11.5 Å². The minimum atomic E-state index is -0.516. The van der Waals surface area contributed by atoms with Gasteiger partial charge in [0, 0.05) is 6.92 Å². The molecule has 5 heteroatoms. The van der Waals surface area contributed by atoms with Gasteiger partial charge in [-0.25, -0.2) is 0 Å². The number of phenols is 1. The minimum Gasteiger partial charge on any atom is -0.504 e. The number of carbonyl (C=O) groups is 1. The molecule has 0 saturated carbocycles. The molecule has 1 rings (SSSR count). The van der Waals surface area contributed by atoms with Gasteiger partial charge in [-0.05, 0) is 12.1 Å². The van der Waals surface area contributed by atoms with Crippen LogP contribution >= 0.6 is 0 Å². The van der Waals surface area contributed by atoms with Gasteiger partial charge in [0.1, 0.15) is 0 Å². The second kappa shape index (κ2) is 4.54. The molecule has 0 bridgehead atoms. The van der Waals surface area contributed by atoms with Crippen molar-refractivity contribution in [2.45, 2.75) is 6.92 Å². The first kappa shape index (κ1) is 11.2. The Balaban J connectivity index is 3.26. The van der Waals surface area contributed by atoms with E-state index in [1.165, 1.54) is 33.3 Å². The highest BCUT2D eigenvalue weighted by atomic mass is 16.6. The number of carbonyl (C=O) groups excluding carboxylic acids is 1. The molecule has 0 saturated heterocycles. The monoisotopic (exact) mass is 212 g/mol. The van der Waals surface area contributed by atoms with E-state index in [0.717, 1.165) is 0 Å². The molecular formula is C10H12O5. The molecule has 5 nitrogen and oxygen atoms in total. The normalized spacial score (nSPS) is 9.53. The summed E-state index contributed by atoms with van der Waals surface area (Å²) in [6.07, 6.45) is 0. The van der Waals surface area contributed by atoms with Gasteiger partial charge in [0.05, 0.1) is 14.2 Å². The Morgan fingerprint density at radius 3 is 2.33 bits per heavy atom. The van der Waals surface area contributed by atoms with Crippen LogP contribution in [0.4, 0.5) is 0 Å². The van der Waals surface area contributed by atoms with Crippen LogP contribution in [-0.4, -0.2) is 25.3 Å². The molecule has 0 atom stereocenters. The maximum Gasteiger partial charge on any atom is 0.308 e. The maximum absolute atomic E-state index is 10.8. The van der Waals surface area contributed by atoms with E-state index in [2.05, 4.69) is 0 Å². The summed E-state index contributed by atoms with van der Waals surface area (Å²) >= 11 is 0. The molecule has 1 N–H and O–H groups in total. The van der Waals surface area contributed by atoms with Crippen LogP contribution in [0.5, 0.6) is 23.0 Å². The van der Waals surface area contributed by atoms with Crippen LogP contribution in [0.2, 0.25) is 0 Å². The number of benzene rings is 1. The third-order valence-corrected chi connectivity index (χ3v) is 1.73. The lowest BCUT2D eigenvalue weighted by molar-refractivity contribution is -0.132.